The zero-order valence-corrected chi connectivity index (χ0v) is 29.5. The molecule has 0 aliphatic heterocycles. The van der Waals surface area contributed by atoms with E-state index in [4.69, 9.17) is 18.9 Å². The van der Waals surface area contributed by atoms with Crippen LogP contribution >= 0.6 is 0 Å². The van der Waals surface area contributed by atoms with Crippen LogP contribution in [-0.4, -0.2) is 60.3 Å². The van der Waals surface area contributed by atoms with Crippen molar-refractivity contribution < 1.29 is 38.1 Å². The van der Waals surface area contributed by atoms with E-state index >= 15 is 0 Å². The minimum atomic E-state index is -1.11. The van der Waals surface area contributed by atoms with Crippen LogP contribution in [0.15, 0.2) is 78.9 Å². The first kappa shape index (κ1) is 38.4. The molecule has 0 fully saturated rings. The molecule has 0 bridgehead atoms. The van der Waals surface area contributed by atoms with Gasteiger partial charge in [0.15, 0.2) is 0 Å². The van der Waals surface area contributed by atoms with E-state index in [9.17, 15) is 19.2 Å². The van der Waals surface area contributed by atoms with E-state index in [1.165, 1.54) is 0 Å². The quantitative estimate of drug-likeness (QED) is 0.185. The second-order valence-corrected chi connectivity index (χ2v) is 13.5. The molecule has 3 amide bonds. The molecule has 0 heterocycles. The van der Waals surface area contributed by atoms with Crippen LogP contribution in [0.4, 0.5) is 4.79 Å². The third-order valence-electron chi connectivity index (χ3n) is 6.74. The zero-order valence-electron chi connectivity index (χ0n) is 29.5. The SMILES string of the molecule is CCOC(=O)CNC(=O)[C@H](Cc1ccc(OC(C)(C)C)cc1)NC(=O)[C@H](Cc1ccc(OC(C)(C)C)cc1)NC(=O)OCc1ccccc1. The maximum absolute atomic E-state index is 13.9. The number of carbonyl (C=O) groups is 4. The number of benzene rings is 3. The predicted octanol–water partition coefficient (Wildman–Crippen LogP) is 5.29. The minimum absolute atomic E-state index is 0.00760. The van der Waals surface area contributed by atoms with Crippen LogP contribution in [-0.2, 0) is 43.3 Å². The number of nitrogens with one attached hydrogen (secondary N) is 3. The van der Waals surface area contributed by atoms with Gasteiger partial charge in [-0.3, -0.25) is 14.4 Å². The summed E-state index contributed by atoms with van der Waals surface area (Å²) in [5.74, 6) is -0.504. The molecule has 3 rings (SSSR count). The van der Waals surface area contributed by atoms with Gasteiger partial charge in [0, 0.05) is 12.8 Å². The second-order valence-electron chi connectivity index (χ2n) is 13.5. The Morgan fingerprint density at radius 1 is 0.612 bits per heavy atom. The molecular weight excluding hydrogens is 626 g/mol. The average Bonchev–Trinajstić information content (AvgIpc) is 3.03. The van der Waals surface area contributed by atoms with Crippen LogP contribution in [0.3, 0.4) is 0 Å². The van der Waals surface area contributed by atoms with Crippen LogP contribution in [0, 0.1) is 0 Å². The third-order valence-corrected chi connectivity index (χ3v) is 6.74. The summed E-state index contributed by atoms with van der Waals surface area (Å²) in [5.41, 5.74) is 1.47. The number of rotatable bonds is 15. The van der Waals surface area contributed by atoms with Gasteiger partial charge in [-0.05, 0) is 89.4 Å². The van der Waals surface area contributed by atoms with Gasteiger partial charge in [0.2, 0.25) is 11.8 Å². The summed E-state index contributed by atoms with van der Waals surface area (Å²) in [7, 11) is 0. The van der Waals surface area contributed by atoms with Gasteiger partial charge < -0.3 is 34.9 Å². The summed E-state index contributed by atoms with van der Waals surface area (Å²) in [6.45, 7) is 13.1. The molecule has 3 N–H and O–H groups in total. The number of esters is 1. The predicted molar refractivity (Wildman–Crippen MR) is 186 cm³/mol. The van der Waals surface area contributed by atoms with E-state index in [0.29, 0.717) is 11.5 Å². The highest BCUT2D eigenvalue weighted by atomic mass is 16.5. The van der Waals surface area contributed by atoms with Crippen LogP contribution in [0.2, 0.25) is 0 Å². The summed E-state index contributed by atoms with van der Waals surface area (Å²) in [5, 5.41) is 8.00. The molecule has 0 aromatic heterocycles. The summed E-state index contributed by atoms with van der Waals surface area (Å²) in [4.78, 5) is 52.2. The maximum Gasteiger partial charge on any atom is 0.408 e. The number of hydrogen-bond acceptors (Lipinski definition) is 8. The molecular formula is C38H49N3O8. The van der Waals surface area contributed by atoms with E-state index in [2.05, 4.69) is 16.0 Å². The Morgan fingerprint density at radius 3 is 1.57 bits per heavy atom. The lowest BCUT2D eigenvalue weighted by molar-refractivity contribution is -0.143. The minimum Gasteiger partial charge on any atom is -0.488 e. The molecule has 0 spiro atoms. The standard InChI is InChI=1S/C38H49N3O8/c1-8-46-33(42)24-39-34(43)31(22-26-14-18-29(19-15-26)48-37(2,3)4)40-35(44)32(41-36(45)47-25-28-12-10-9-11-13-28)23-27-16-20-30(21-17-27)49-38(5,6)7/h9-21,31-32H,8,22-25H2,1-7H3,(H,39,43)(H,40,44)(H,41,45)/t31-,32-/m0/s1. The highest BCUT2D eigenvalue weighted by Crippen LogP contribution is 2.21. The van der Waals surface area contributed by atoms with Crippen molar-refractivity contribution in [2.24, 2.45) is 0 Å². The first-order valence-electron chi connectivity index (χ1n) is 16.4. The van der Waals surface area contributed by atoms with Crippen LogP contribution in [0.25, 0.3) is 0 Å². The number of carbonyl (C=O) groups excluding carboxylic acids is 4. The lowest BCUT2D eigenvalue weighted by Gasteiger charge is -2.24. The Hall–Kier alpha value is -5.06. The van der Waals surface area contributed by atoms with Crippen molar-refractivity contribution in [1.82, 2.24) is 16.0 Å². The number of ether oxygens (including phenoxy) is 4. The van der Waals surface area contributed by atoms with Crippen molar-refractivity contribution in [2.75, 3.05) is 13.2 Å². The van der Waals surface area contributed by atoms with Crippen LogP contribution in [0.5, 0.6) is 11.5 Å². The maximum atomic E-state index is 13.9. The number of amides is 3. The molecule has 49 heavy (non-hydrogen) atoms. The van der Waals surface area contributed by atoms with Crippen LogP contribution in [0.1, 0.15) is 65.2 Å². The van der Waals surface area contributed by atoms with Gasteiger partial charge in [0.1, 0.15) is 47.9 Å². The lowest BCUT2D eigenvalue weighted by atomic mass is 10.0. The molecule has 11 heteroatoms. The van der Waals surface area contributed by atoms with Crippen molar-refractivity contribution in [3.05, 3.63) is 95.6 Å². The van der Waals surface area contributed by atoms with Gasteiger partial charge in [-0.1, -0.05) is 54.6 Å². The van der Waals surface area contributed by atoms with E-state index in [1.54, 1.807) is 43.3 Å². The van der Waals surface area contributed by atoms with Gasteiger partial charge in [0.25, 0.3) is 0 Å². The van der Waals surface area contributed by atoms with Crippen LogP contribution < -0.4 is 25.4 Å². The first-order valence-corrected chi connectivity index (χ1v) is 16.4. The number of alkyl carbamates (subject to hydrolysis) is 1. The van der Waals surface area contributed by atoms with Crippen molar-refractivity contribution in [3.8, 4) is 11.5 Å². The van der Waals surface area contributed by atoms with Crippen molar-refractivity contribution in [1.29, 1.82) is 0 Å². The van der Waals surface area contributed by atoms with Gasteiger partial charge in [-0.25, -0.2) is 4.79 Å². The van der Waals surface area contributed by atoms with Crippen molar-refractivity contribution in [3.63, 3.8) is 0 Å². The van der Waals surface area contributed by atoms with E-state index in [-0.39, 0.29) is 32.6 Å². The first-order chi connectivity index (χ1) is 23.1. The largest absolute Gasteiger partial charge is 0.488 e. The summed E-state index contributed by atoms with van der Waals surface area (Å²) < 4.78 is 22.2. The fourth-order valence-corrected chi connectivity index (χ4v) is 4.66. The molecule has 264 valence electrons. The Bertz CT molecular complexity index is 1510. The second kappa shape index (κ2) is 17.9. The molecule has 0 radical (unpaired) electrons. The topological polar surface area (TPSA) is 141 Å². The smallest absolute Gasteiger partial charge is 0.408 e. The molecule has 0 saturated carbocycles. The molecule has 0 saturated heterocycles. The van der Waals surface area contributed by atoms with E-state index in [1.807, 2.05) is 84.0 Å². The lowest BCUT2D eigenvalue weighted by Crippen LogP contribution is -2.55. The Kier molecular flexibility index (Phi) is 14.0. The highest BCUT2D eigenvalue weighted by molar-refractivity contribution is 5.92. The fourth-order valence-electron chi connectivity index (χ4n) is 4.66. The van der Waals surface area contributed by atoms with Crippen molar-refractivity contribution in [2.45, 2.75) is 91.2 Å². The number of hydrogen-bond donors (Lipinski definition) is 3. The molecule has 0 unspecified atom stereocenters. The third kappa shape index (κ3) is 14.7. The average molecular weight is 676 g/mol. The van der Waals surface area contributed by atoms with E-state index < -0.39 is 47.2 Å². The van der Waals surface area contributed by atoms with Gasteiger partial charge in [-0.2, -0.15) is 0 Å². The van der Waals surface area contributed by atoms with Gasteiger partial charge >= 0.3 is 12.1 Å². The van der Waals surface area contributed by atoms with Gasteiger partial charge in [-0.15, -0.1) is 0 Å². The molecule has 0 aliphatic rings. The summed E-state index contributed by atoms with van der Waals surface area (Å²) >= 11 is 0. The highest BCUT2D eigenvalue weighted by Gasteiger charge is 2.28. The molecule has 3 aromatic rings. The Balaban J connectivity index is 1.82. The summed E-state index contributed by atoms with van der Waals surface area (Å²) in [6, 6.07) is 21.3. The molecule has 3 aromatic carbocycles. The van der Waals surface area contributed by atoms with E-state index in [0.717, 1.165) is 16.7 Å². The Labute approximate surface area is 289 Å². The van der Waals surface area contributed by atoms with Crippen molar-refractivity contribution >= 4 is 23.9 Å². The Morgan fingerprint density at radius 2 is 1.10 bits per heavy atom. The molecule has 2 atom stereocenters. The zero-order chi connectivity index (χ0) is 36.0. The normalized spacial score (nSPS) is 12.6. The summed E-state index contributed by atoms with van der Waals surface area (Å²) in [6.07, 6.45) is -0.604. The van der Waals surface area contributed by atoms with Gasteiger partial charge in [0.05, 0.1) is 6.61 Å². The molecule has 0 aliphatic carbocycles. The fraction of sp³-hybridized carbons (Fsp3) is 0.421. The molecule has 11 nitrogen and oxygen atoms in total. The monoisotopic (exact) mass is 675 g/mol.